The molecule has 1 saturated heterocycles. The molecule has 0 radical (unpaired) electrons. The van der Waals surface area contributed by atoms with Crippen LogP contribution in [0.4, 0.5) is 10.5 Å². The van der Waals surface area contributed by atoms with Crippen LogP contribution >= 0.6 is 0 Å². The SMILES string of the molecule is COCc1ccccc1N1CCN(C(=O)O)CC1. The Bertz CT molecular complexity index is 414. The van der Waals surface area contributed by atoms with E-state index in [0.29, 0.717) is 19.7 Å². The summed E-state index contributed by atoms with van der Waals surface area (Å²) in [5.41, 5.74) is 2.29. The summed E-state index contributed by atoms with van der Waals surface area (Å²) in [5.74, 6) is 0. The van der Waals surface area contributed by atoms with E-state index < -0.39 is 6.09 Å². The third-order valence-electron chi connectivity index (χ3n) is 3.18. The van der Waals surface area contributed by atoms with E-state index >= 15 is 0 Å². The zero-order valence-electron chi connectivity index (χ0n) is 10.5. The van der Waals surface area contributed by atoms with E-state index in [0.717, 1.165) is 24.3 Å². The number of carbonyl (C=O) groups is 1. The number of rotatable bonds is 3. The third kappa shape index (κ3) is 2.73. The first-order valence-electron chi connectivity index (χ1n) is 6.02. The monoisotopic (exact) mass is 250 g/mol. The first-order valence-corrected chi connectivity index (χ1v) is 6.02. The average Bonchev–Trinajstić information content (AvgIpc) is 2.40. The second-order valence-corrected chi connectivity index (χ2v) is 4.32. The Balaban J connectivity index is 2.07. The molecule has 0 aromatic heterocycles. The molecule has 1 heterocycles. The number of benzene rings is 1. The van der Waals surface area contributed by atoms with Gasteiger partial charge in [-0.3, -0.25) is 0 Å². The van der Waals surface area contributed by atoms with Gasteiger partial charge in [-0.2, -0.15) is 0 Å². The van der Waals surface area contributed by atoms with Crippen molar-refractivity contribution in [3.05, 3.63) is 29.8 Å². The Morgan fingerprint density at radius 1 is 1.28 bits per heavy atom. The first-order chi connectivity index (χ1) is 8.72. The van der Waals surface area contributed by atoms with Gasteiger partial charge in [-0.25, -0.2) is 4.79 Å². The van der Waals surface area contributed by atoms with Gasteiger partial charge >= 0.3 is 6.09 Å². The van der Waals surface area contributed by atoms with E-state index in [9.17, 15) is 4.79 Å². The maximum absolute atomic E-state index is 10.9. The minimum Gasteiger partial charge on any atom is -0.465 e. The molecule has 0 unspecified atom stereocenters. The number of carboxylic acid groups (broad SMARTS) is 1. The number of hydrogen-bond acceptors (Lipinski definition) is 3. The van der Waals surface area contributed by atoms with Crippen molar-refractivity contribution in [3.63, 3.8) is 0 Å². The van der Waals surface area contributed by atoms with Crippen molar-refractivity contribution in [2.24, 2.45) is 0 Å². The van der Waals surface area contributed by atoms with Crippen LogP contribution in [0.1, 0.15) is 5.56 Å². The molecule has 0 atom stereocenters. The second kappa shape index (κ2) is 5.73. The summed E-state index contributed by atoms with van der Waals surface area (Å²) < 4.78 is 5.19. The van der Waals surface area contributed by atoms with Gasteiger partial charge in [0.2, 0.25) is 0 Å². The quantitative estimate of drug-likeness (QED) is 0.886. The fourth-order valence-electron chi connectivity index (χ4n) is 2.24. The highest BCUT2D eigenvalue weighted by Gasteiger charge is 2.21. The molecule has 18 heavy (non-hydrogen) atoms. The van der Waals surface area contributed by atoms with Crippen LogP contribution in [0.3, 0.4) is 0 Å². The lowest BCUT2D eigenvalue weighted by molar-refractivity contribution is 0.142. The fourth-order valence-corrected chi connectivity index (χ4v) is 2.24. The molecule has 0 saturated carbocycles. The van der Waals surface area contributed by atoms with E-state index in [2.05, 4.69) is 11.0 Å². The number of anilines is 1. The number of piperazine rings is 1. The van der Waals surface area contributed by atoms with Crippen LogP contribution in [0.2, 0.25) is 0 Å². The van der Waals surface area contributed by atoms with Gasteiger partial charge in [0.05, 0.1) is 6.61 Å². The number of methoxy groups -OCH3 is 1. The lowest BCUT2D eigenvalue weighted by atomic mass is 10.1. The van der Waals surface area contributed by atoms with Crippen molar-refractivity contribution >= 4 is 11.8 Å². The van der Waals surface area contributed by atoms with E-state index in [1.54, 1.807) is 7.11 Å². The van der Waals surface area contributed by atoms with Crippen LogP contribution < -0.4 is 4.90 Å². The van der Waals surface area contributed by atoms with Crippen molar-refractivity contribution in [1.82, 2.24) is 4.90 Å². The van der Waals surface area contributed by atoms with Crippen molar-refractivity contribution < 1.29 is 14.6 Å². The van der Waals surface area contributed by atoms with Gasteiger partial charge in [-0.15, -0.1) is 0 Å². The Hall–Kier alpha value is -1.75. The van der Waals surface area contributed by atoms with Gasteiger partial charge in [0.1, 0.15) is 0 Å². The van der Waals surface area contributed by atoms with Gasteiger partial charge in [0.25, 0.3) is 0 Å². The van der Waals surface area contributed by atoms with Gasteiger partial charge < -0.3 is 19.6 Å². The zero-order valence-corrected chi connectivity index (χ0v) is 10.5. The molecule has 5 heteroatoms. The smallest absolute Gasteiger partial charge is 0.407 e. The summed E-state index contributed by atoms with van der Waals surface area (Å²) in [6.45, 7) is 3.14. The maximum Gasteiger partial charge on any atom is 0.407 e. The molecule has 0 aliphatic carbocycles. The Kier molecular flexibility index (Phi) is 4.04. The molecule has 0 bridgehead atoms. The largest absolute Gasteiger partial charge is 0.465 e. The molecule has 2 rings (SSSR count). The van der Waals surface area contributed by atoms with Crippen LogP contribution in [-0.4, -0.2) is 49.4 Å². The molecule has 1 amide bonds. The molecule has 98 valence electrons. The number of amides is 1. The maximum atomic E-state index is 10.9. The molecule has 5 nitrogen and oxygen atoms in total. The van der Waals surface area contributed by atoms with Crippen LogP contribution in [0.25, 0.3) is 0 Å². The molecule has 1 aliphatic heterocycles. The van der Waals surface area contributed by atoms with Crippen molar-refractivity contribution in [3.8, 4) is 0 Å². The molecule has 1 fully saturated rings. The van der Waals surface area contributed by atoms with Gasteiger partial charge in [-0.05, 0) is 6.07 Å². The van der Waals surface area contributed by atoms with Crippen LogP contribution in [0, 0.1) is 0 Å². The lowest BCUT2D eigenvalue weighted by Gasteiger charge is -2.35. The summed E-state index contributed by atoms with van der Waals surface area (Å²) >= 11 is 0. The summed E-state index contributed by atoms with van der Waals surface area (Å²) in [7, 11) is 1.68. The topological polar surface area (TPSA) is 53.0 Å². The average molecular weight is 250 g/mol. The van der Waals surface area contributed by atoms with Gasteiger partial charge in [0, 0.05) is 44.5 Å². The molecule has 1 N–H and O–H groups in total. The predicted octanol–water partition coefficient (Wildman–Crippen LogP) is 1.63. The zero-order chi connectivity index (χ0) is 13.0. The van der Waals surface area contributed by atoms with Crippen LogP contribution in [-0.2, 0) is 11.3 Å². The summed E-state index contributed by atoms with van der Waals surface area (Å²) in [6.07, 6.45) is -0.833. The van der Waals surface area contributed by atoms with Crippen molar-refractivity contribution in [2.75, 3.05) is 38.2 Å². The van der Waals surface area contributed by atoms with Gasteiger partial charge in [0.15, 0.2) is 0 Å². The van der Waals surface area contributed by atoms with E-state index in [1.165, 1.54) is 4.90 Å². The fraction of sp³-hybridized carbons (Fsp3) is 0.462. The molecule has 1 aliphatic rings. The Labute approximate surface area is 107 Å². The molecular weight excluding hydrogens is 232 g/mol. The highest BCUT2D eigenvalue weighted by atomic mass is 16.5. The summed E-state index contributed by atoms with van der Waals surface area (Å²) in [6, 6.07) is 8.09. The minimum absolute atomic E-state index is 0.552. The standard InChI is InChI=1S/C13H18N2O3/c1-18-10-11-4-2-3-5-12(11)14-6-8-15(9-7-14)13(16)17/h2-5H,6-10H2,1H3,(H,16,17). The normalized spacial score (nSPS) is 15.8. The molecule has 0 spiro atoms. The van der Waals surface area contributed by atoms with E-state index in [1.807, 2.05) is 18.2 Å². The number of nitrogens with zero attached hydrogens (tertiary/aromatic N) is 2. The Morgan fingerprint density at radius 3 is 2.56 bits per heavy atom. The number of ether oxygens (including phenoxy) is 1. The molecular formula is C13H18N2O3. The molecule has 1 aromatic carbocycles. The van der Waals surface area contributed by atoms with Crippen molar-refractivity contribution in [1.29, 1.82) is 0 Å². The minimum atomic E-state index is -0.833. The first kappa shape index (κ1) is 12.7. The van der Waals surface area contributed by atoms with Crippen molar-refractivity contribution in [2.45, 2.75) is 6.61 Å². The van der Waals surface area contributed by atoms with Gasteiger partial charge in [-0.1, -0.05) is 18.2 Å². The summed E-state index contributed by atoms with van der Waals surface area (Å²) in [4.78, 5) is 14.5. The Morgan fingerprint density at radius 2 is 1.94 bits per heavy atom. The van der Waals surface area contributed by atoms with Crippen LogP contribution in [0.5, 0.6) is 0 Å². The molecule has 1 aromatic rings. The second-order valence-electron chi connectivity index (χ2n) is 4.32. The van der Waals surface area contributed by atoms with E-state index in [-0.39, 0.29) is 0 Å². The highest BCUT2D eigenvalue weighted by Crippen LogP contribution is 2.22. The highest BCUT2D eigenvalue weighted by molar-refractivity contribution is 5.65. The van der Waals surface area contributed by atoms with Crippen LogP contribution in [0.15, 0.2) is 24.3 Å². The number of para-hydroxylation sites is 1. The summed E-state index contributed by atoms with van der Waals surface area (Å²) in [5, 5.41) is 8.92. The lowest BCUT2D eigenvalue weighted by Crippen LogP contribution is -2.48. The number of hydrogen-bond donors (Lipinski definition) is 1. The predicted molar refractivity (Wildman–Crippen MR) is 69.0 cm³/mol. The van der Waals surface area contributed by atoms with E-state index in [4.69, 9.17) is 9.84 Å². The third-order valence-corrected chi connectivity index (χ3v) is 3.18.